The number of carbonyl (C=O) groups excluding carboxylic acids is 2. The van der Waals surface area contributed by atoms with E-state index in [9.17, 15) is 14.0 Å². The number of H-pyrrole nitrogens is 1. The number of ether oxygens (including phenoxy) is 1. The molecular weight excluding hydrogens is 417 g/mol. The van der Waals surface area contributed by atoms with Gasteiger partial charge in [-0.2, -0.15) is 0 Å². The van der Waals surface area contributed by atoms with Crippen molar-refractivity contribution in [2.45, 2.75) is 6.54 Å². The minimum Gasteiger partial charge on any atom is -0.393 e. The molecule has 156 valence electrons. The van der Waals surface area contributed by atoms with E-state index in [4.69, 9.17) is 22.1 Å². The number of nitrogen functional groups attached to an aromatic ring is 1. The van der Waals surface area contributed by atoms with Gasteiger partial charge < -0.3 is 31.4 Å². The van der Waals surface area contributed by atoms with Gasteiger partial charge in [0.1, 0.15) is 11.5 Å². The largest absolute Gasteiger partial charge is 0.414 e. The highest BCUT2D eigenvalue weighted by Gasteiger charge is 2.14. The Bertz CT molecular complexity index is 1090. The second-order valence-corrected chi connectivity index (χ2v) is 6.35. The van der Waals surface area contributed by atoms with Crippen LogP contribution in [0.15, 0.2) is 36.7 Å². The van der Waals surface area contributed by atoms with Gasteiger partial charge in [-0.05, 0) is 17.7 Å². The molecule has 0 radical (unpaired) electrons. The lowest BCUT2D eigenvalue weighted by atomic mass is 10.2. The number of hydrogen-bond donors (Lipinski definition) is 5. The Labute approximate surface area is 175 Å². The molecule has 2 heterocycles. The highest BCUT2D eigenvalue weighted by molar-refractivity contribution is 6.30. The summed E-state index contributed by atoms with van der Waals surface area (Å²) in [7, 11) is 1.47. The Morgan fingerprint density at radius 3 is 2.87 bits per heavy atom. The summed E-state index contributed by atoms with van der Waals surface area (Å²) in [5, 5.41) is 7.49. The lowest BCUT2D eigenvalue weighted by Gasteiger charge is -2.08. The number of benzene rings is 1. The third kappa shape index (κ3) is 5.14. The molecule has 0 fully saturated rings. The first-order chi connectivity index (χ1) is 14.4. The van der Waals surface area contributed by atoms with Crippen LogP contribution in [0.3, 0.4) is 0 Å². The number of urea groups is 1. The molecule has 12 heteroatoms. The lowest BCUT2D eigenvalue weighted by molar-refractivity contribution is 0.198. The monoisotopic (exact) mass is 433 g/mol. The van der Waals surface area contributed by atoms with Crippen molar-refractivity contribution in [3.63, 3.8) is 0 Å². The standard InChI is InChI=1S/C18H17ClFN7O3/c1-22-17(28)26-13-8-24-16(21)27-15(13)10-5-14(23-7-10)30-18(29)25-6-9-2-3-12(20)11(19)4-9/h2-5,7-8,23H,6H2,1H3,(H,25,29)(H2,21,24,27)(H2,22,26,28). The second kappa shape index (κ2) is 9.09. The summed E-state index contributed by atoms with van der Waals surface area (Å²) in [5.41, 5.74) is 7.39. The molecule has 0 bridgehead atoms. The van der Waals surface area contributed by atoms with Crippen molar-refractivity contribution in [3.8, 4) is 17.1 Å². The maximum absolute atomic E-state index is 13.2. The van der Waals surface area contributed by atoms with E-state index in [0.29, 0.717) is 22.5 Å². The first-order valence-corrected chi connectivity index (χ1v) is 8.93. The van der Waals surface area contributed by atoms with Crippen molar-refractivity contribution in [1.82, 2.24) is 25.6 Å². The first-order valence-electron chi connectivity index (χ1n) is 8.55. The zero-order valence-electron chi connectivity index (χ0n) is 15.6. The normalized spacial score (nSPS) is 10.4. The van der Waals surface area contributed by atoms with E-state index in [1.165, 1.54) is 43.7 Å². The molecule has 3 aromatic rings. The van der Waals surface area contributed by atoms with Gasteiger partial charge in [0.15, 0.2) is 0 Å². The van der Waals surface area contributed by atoms with E-state index < -0.39 is 17.9 Å². The summed E-state index contributed by atoms with van der Waals surface area (Å²) in [5.74, 6) is -0.410. The highest BCUT2D eigenvalue weighted by Crippen LogP contribution is 2.28. The van der Waals surface area contributed by atoms with Crippen LogP contribution in [0.1, 0.15) is 5.56 Å². The first kappa shape index (κ1) is 20.9. The minimum atomic E-state index is -0.741. The zero-order valence-corrected chi connectivity index (χ0v) is 16.4. The fourth-order valence-electron chi connectivity index (χ4n) is 2.42. The van der Waals surface area contributed by atoms with Gasteiger partial charge >= 0.3 is 12.1 Å². The summed E-state index contributed by atoms with van der Waals surface area (Å²) in [4.78, 5) is 34.4. The Kier molecular flexibility index (Phi) is 6.32. The molecule has 3 rings (SSSR count). The molecule has 0 aliphatic carbocycles. The van der Waals surface area contributed by atoms with Crippen molar-refractivity contribution < 1.29 is 18.7 Å². The van der Waals surface area contributed by atoms with Crippen LogP contribution in [0.5, 0.6) is 5.88 Å². The van der Waals surface area contributed by atoms with Crippen LogP contribution in [0.4, 0.5) is 25.6 Å². The number of aromatic amines is 1. The predicted octanol–water partition coefficient (Wildman–Crippen LogP) is 2.89. The van der Waals surface area contributed by atoms with Crippen molar-refractivity contribution in [2.75, 3.05) is 18.1 Å². The molecule has 0 saturated carbocycles. The average molecular weight is 434 g/mol. The molecule has 3 amide bonds. The van der Waals surface area contributed by atoms with E-state index in [0.717, 1.165) is 0 Å². The van der Waals surface area contributed by atoms with Gasteiger partial charge in [0, 0.05) is 31.4 Å². The third-order valence-corrected chi connectivity index (χ3v) is 4.13. The number of rotatable bonds is 5. The fraction of sp³-hybridized carbons (Fsp3) is 0.111. The van der Waals surface area contributed by atoms with Gasteiger partial charge in [0.2, 0.25) is 11.8 Å². The van der Waals surface area contributed by atoms with E-state index >= 15 is 0 Å². The number of nitrogens with zero attached hydrogens (tertiary/aromatic N) is 2. The molecule has 0 atom stereocenters. The number of nitrogens with two attached hydrogens (primary N) is 1. The van der Waals surface area contributed by atoms with E-state index in [2.05, 4.69) is 30.9 Å². The van der Waals surface area contributed by atoms with Gasteiger partial charge in [-0.15, -0.1) is 0 Å². The number of nitrogens with one attached hydrogen (secondary N) is 4. The third-order valence-electron chi connectivity index (χ3n) is 3.84. The van der Waals surface area contributed by atoms with Crippen molar-refractivity contribution in [1.29, 1.82) is 0 Å². The van der Waals surface area contributed by atoms with Crippen LogP contribution >= 0.6 is 11.6 Å². The Hall–Kier alpha value is -3.86. The lowest BCUT2D eigenvalue weighted by Crippen LogP contribution is -2.26. The maximum Gasteiger partial charge on any atom is 0.414 e. The van der Waals surface area contributed by atoms with Gasteiger partial charge in [-0.3, -0.25) is 0 Å². The van der Waals surface area contributed by atoms with Gasteiger partial charge in [0.05, 0.1) is 16.9 Å². The average Bonchev–Trinajstić information content (AvgIpc) is 3.18. The Morgan fingerprint density at radius 1 is 1.33 bits per heavy atom. The molecular formula is C18H17ClFN7O3. The topological polar surface area (TPSA) is 147 Å². The molecule has 0 unspecified atom stereocenters. The van der Waals surface area contributed by atoms with Crippen LogP contribution in [0.25, 0.3) is 11.3 Å². The SMILES string of the molecule is CNC(=O)Nc1cnc(N)nc1-c1c[nH]c(OC(=O)NCc2ccc(F)c(Cl)c2)c1. The van der Waals surface area contributed by atoms with Gasteiger partial charge in [-0.25, -0.2) is 23.9 Å². The van der Waals surface area contributed by atoms with E-state index in [-0.39, 0.29) is 23.4 Å². The molecule has 0 spiro atoms. The number of amides is 3. The Morgan fingerprint density at radius 2 is 2.13 bits per heavy atom. The van der Waals surface area contributed by atoms with E-state index in [1.807, 2.05) is 0 Å². The summed E-state index contributed by atoms with van der Waals surface area (Å²) < 4.78 is 18.4. The van der Waals surface area contributed by atoms with Gasteiger partial charge in [0.25, 0.3) is 0 Å². The van der Waals surface area contributed by atoms with Crippen LogP contribution in [-0.4, -0.2) is 34.1 Å². The Balaban J connectivity index is 1.67. The molecule has 10 nitrogen and oxygen atoms in total. The van der Waals surface area contributed by atoms with Crippen LogP contribution in [0, 0.1) is 5.82 Å². The molecule has 1 aromatic carbocycles. The molecule has 0 saturated heterocycles. The maximum atomic E-state index is 13.2. The second-order valence-electron chi connectivity index (χ2n) is 5.94. The highest BCUT2D eigenvalue weighted by atomic mass is 35.5. The van der Waals surface area contributed by atoms with Crippen molar-refractivity contribution >= 4 is 35.4 Å². The molecule has 30 heavy (non-hydrogen) atoms. The number of anilines is 2. The van der Waals surface area contributed by atoms with Crippen LogP contribution in [0.2, 0.25) is 5.02 Å². The number of hydrogen-bond acceptors (Lipinski definition) is 6. The summed E-state index contributed by atoms with van der Waals surface area (Å²) >= 11 is 5.71. The quantitative estimate of drug-likeness (QED) is 0.418. The predicted molar refractivity (Wildman–Crippen MR) is 109 cm³/mol. The molecule has 2 aromatic heterocycles. The van der Waals surface area contributed by atoms with Crippen LogP contribution < -0.4 is 26.4 Å². The van der Waals surface area contributed by atoms with Crippen molar-refractivity contribution in [3.05, 3.63) is 53.1 Å². The fourth-order valence-corrected chi connectivity index (χ4v) is 2.62. The molecule has 0 aliphatic rings. The number of aromatic nitrogens is 3. The summed E-state index contributed by atoms with van der Waals surface area (Å²) in [6, 6.07) is 5.15. The number of carbonyl (C=O) groups is 2. The zero-order chi connectivity index (χ0) is 21.7. The van der Waals surface area contributed by atoms with Crippen molar-refractivity contribution in [2.24, 2.45) is 0 Å². The smallest absolute Gasteiger partial charge is 0.393 e. The van der Waals surface area contributed by atoms with Crippen LogP contribution in [-0.2, 0) is 6.54 Å². The number of halogens is 2. The van der Waals surface area contributed by atoms with E-state index in [1.54, 1.807) is 0 Å². The minimum absolute atomic E-state index is 0.00632. The molecule has 6 N–H and O–H groups in total. The molecule has 0 aliphatic heterocycles. The summed E-state index contributed by atoms with van der Waals surface area (Å²) in [6.07, 6.45) is 2.15. The summed E-state index contributed by atoms with van der Waals surface area (Å²) in [6.45, 7) is 0.0923. The van der Waals surface area contributed by atoms with Gasteiger partial charge in [-0.1, -0.05) is 17.7 Å².